The molecule has 2 heterocycles. The Morgan fingerprint density at radius 2 is 2.07 bits per heavy atom. The standard InChI is InChI=1S/C20H21N3O3S3/c1-26-15-8-6-14(7-9-15)13-16-18(25)23(20(27)29-16)11-4-2-3-5-17(24)22-19-21-10-12-28-19/h6-10,12-13H,2-5,11H2,1H3,(H,21,22,24)/b16-13-. The number of nitrogens with one attached hydrogen (secondary N) is 1. The lowest BCUT2D eigenvalue weighted by atomic mass is 10.1. The van der Waals surface area contributed by atoms with Gasteiger partial charge in [-0.25, -0.2) is 4.98 Å². The van der Waals surface area contributed by atoms with Gasteiger partial charge in [0.2, 0.25) is 5.91 Å². The third-order valence-electron chi connectivity index (χ3n) is 4.25. The van der Waals surface area contributed by atoms with Gasteiger partial charge in [0.25, 0.3) is 5.91 Å². The number of anilines is 1. The maximum atomic E-state index is 12.6. The number of hydrogen-bond acceptors (Lipinski definition) is 7. The molecule has 3 rings (SSSR count). The van der Waals surface area contributed by atoms with E-state index >= 15 is 0 Å². The number of benzene rings is 1. The maximum absolute atomic E-state index is 12.6. The molecule has 1 aliphatic heterocycles. The van der Waals surface area contributed by atoms with Crippen LogP contribution in [0.5, 0.6) is 5.75 Å². The number of thioether (sulfide) groups is 1. The number of thiazole rings is 1. The van der Waals surface area contributed by atoms with Crippen LogP contribution in [0.3, 0.4) is 0 Å². The van der Waals surface area contributed by atoms with Gasteiger partial charge in [-0.05, 0) is 36.6 Å². The van der Waals surface area contributed by atoms with E-state index in [1.165, 1.54) is 23.1 Å². The number of methoxy groups -OCH3 is 1. The van der Waals surface area contributed by atoms with Crippen LogP contribution < -0.4 is 10.1 Å². The van der Waals surface area contributed by atoms with Crippen LogP contribution in [-0.2, 0) is 9.59 Å². The largest absolute Gasteiger partial charge is 0.497 e. The predicted octanol–water partition coefficient (Wildman–Crippen LogP) is 4.55. The van der Waals surface area contributed by atoms with Crippen LogP contribution in [0.1, 0.15) is 31.2 Å². The van der Waals surface area contributed by atoms with Gasteiger partial charge in [-0.2, -0.15) is 0 Å². The summed E-state index contributed by atoms with van der Waals surface area (Å²) in [6.45, 7) is 0.568. The summed E-state index contributed by atoms with van der Waals surface area (Å²) in [5, 5.41) is 5.21. The lowest BCUT2D eigenvalue weighted by Gasteiger charge is -2.14. The normalized spacial score (nSPS) is 15.2. The van der Waals surface area contributed by atoms with Crippen LogP contribution in [0.2, 0.25) is 0 Å². The highest BCUT2D eigenvalue weighted by atomic mass is 32.2. The zero-order valence-electron chi connectivity index (χ0n) is 15.9. The van der Waals surface area contributed by atoms with Crippen LogP contribution in [0.4, 0.5) is 5.13 Å². The fraction of sp³-hybridized carbons (Fsp3) is 0.300. The third-order valence-corrected chi connectivity index (χ3v) is 6.32. The van der Waals surface area contributed by atoms with E-state index in [0.717, 1.165) is 30.6 Å². The first-order chi connectivity index (χ1) is 14.1. The highest BCUT2D eigenvalue weighted by molar-refractivity contribution is 8.26. The molecule has 0 atom stereocenters. The SMILES string of the molecule is COc1ccc(/C=C2\SC(=S)N(CCCCCC(=O)Nc3nccs3)C2=O)cc1. The molecule has 0 aliphatic carbocycles. The van der Waals surface area contributed by atoms with Gasteiger partial charge >= 0.3 is 0 Å². The van der Waals surface area contributed by atoms with Gasteiger partial charge in [0.1, 0.15) is 10.1 Å². The first kappa shape index (κ1) is 21.5. The van der Waals surface area contributed by atoms with E-state index in [1.807, 2.05) is 35.7 Å². The summed E-state index contributed by atoms with van der Waals surface area (Å²) in [7, 11) is 1.62. The van der Waals surface area contributed by atoms with Gasteiger partial charge in [0.15, 0.2) is 5.13 Å². The molecule has 2 aromatic rings. The number of thiocarbonyl (C=S) groups is 1. The second-order valence-corrected chi connectivity index (χ2v) is 8.87. The number of rotatable bonds is 9. The van der Waals surface area contributed by atoms with E-state index in [1.54, 1.807) is 18.2 Å². The minimum absolute atomic E-state index is 0.0343. The van der Waals surface area contributed by atoms with E-state index in [2.05, 4.69) is 10.3 Å². The summed E-state index contributed by atoms with van der Waals surface area (Å²) in [6, 6.07) is 7.53. The van der Waals surface area contributed by atoms with Gasteiger partial charge in [-0.3, -0.25) is 14.5 Å². The molecular formula is C20H21N3O3S3. The molecule has 0 saturated carbocycles. The number of unbranched alkanes of at least 4 members (excludes halogenated alkanes) is 2. The number of hydrogen-bond donors (Lipinski definition) is 1. The summed E-state index contributed by atoms with van der Waals surface area (Å²) >= 11 is 8.10. The van der Waals surface area contributed by atoms with Crippen molar-refractivity contribution in [2.45, 2.75) is 25.7 Å². The molecular weight excluding hydrogens is 426 g/mol. The molecule has 0 bridgehead atoms. The Labute approximate surface area is 183 Å². The Balaban J connectivity index is 1.42. The molecule has 1 aliphatic rings. The van der Waals surface area contributed by atoms with Crippen LogP contribution in [0.25, 0.3) is 6.08 Å². The number of carbonyl (C=O) groups is 2. The van der Waals surface area contributed by atoms with Crippen molar-refractivity contribution in [3.05, 3.63) is 46.3 Å². The molecule has 2 amide bonds. The highest BCUT2D eigenvalue weighted by Crippen LogP contribution is 2.33. The van der Waals surface area contributed by atoms with Crippen molar-refractivity contribution in [3.8, 4) is 5.75 Å². The molecule has 0 unspecified atom stereocenters. The monoisotopic (exact) mass is 447 g/mol. The van der Waals surface area contributed by atoms with E-state index in [9.17, 15) is 9.59 Å². The maximum Gasteiger partial charge on any atom is 0.266 e. The number of nitrogens with zero attached hydrogens (tertiary/aromatic N) is 2. The molecule has 0 radical (unpaired) electrons. The van der Waals surface area contributed by atoms with E-state index in [4.69, 9.17) is 17.0 Å². The minimum atomic E-state index is -0.0580. The van der Waals surface area contributed by atoms with Crippen molar-refractivity contribution in [2.24, 2.45) is 0 Å². The summed E-state index contributed by atoms with van der Waals surface area (Å²) < 4.78 is 5.73. The molecule has 1 saturated heterocycles. The van der Waals surface area contributed by atoms with Crippen LogP contribution in [-0.4, -0.2) is 39.7 Å². The summed E-state index contributed by atoms with van der Waals surface area (Å²) in [5.41, 5.74) is 0.928. The van der Waals surface area contributed by atoms with Crippen molar-refractivity contribution in [3.63, 3.8) is 0 Å². The van der Waals surface area contributed by atoms with Crippen LogP contribution >= 0.6 is 35.3 Å². The van der Waals surface area contributed by atoms with Gasteiger partial charge in [0, 0.05) is 24.5 Å². The summed E-state index contributed by atoms with van der Waals surface area (Å²) in [4.78, 5) is 30.8. The van der Waals surface area contributed by atoms with E-state index in [0.29, 0.717) is 27.3 Å². The van der Waals surface area contributed by atoms with Crippen molar-refractivity contribution >= 4 is 62.7 Å². The Morgan fingerprint density at radius 3 is 2.76 bits per heavy atom. The van der Waals surface area contributed by atoms with E-state index in [-0.39, 0.29) is 11.8 Å². The average Bonchev–Trinajstić information content (AvgIpc) is 3.31. The second-order valence-electron chi connectivity index (χ2n) is 6.30. The number of aromatic nitrogens is 1. The lowest BCUT2D eigenvalue weighted by molar-refractivity contribution is -0.122. The van der Waals surface area contributed by atoms with Crippen LogP contribution in [0, 0.1) is 0 Å². The van der Waals surface area contributed by atoms with Gasteiger partial charge in [-0.15, -0.1) is 11.3 Å². The predicted molar refractivity (Wildman–Crippen MR) is 122 cm³/mol. The van der Waals surface area contributed by atoms with Gasteiger partial charge < -0.3 is 10.1 Å². The van der Waals surface area contributed by atoms with Crippen LogP contribution in [0.15, 0.2) is 40.7 Å². The molecule has 152 valence electrons. The first-order valence-corrected chi connectivity index (χ1v) is 11.3. The molecule has 1 fully saturated rings. The van der Waals surface area contributed by atoms with Crippen molar-refractivity contribution in [1.29, 1.82) is 0 Å². The Kier molecular flexibility index (Phi) is 7.79. The highest BCUT2D eigenvalue weighted by Gasteiger charge is 2.31. The van der Waals surface area contributed by atoms with Crippen molar-refractivity contribution in [1.82, 2.24) is 9.88 Å². The summed E-state index contributed by atoms with van der Waals surface area (Å²) in [5.74, 6) is 0.681. The van der Waals surface area contributed by atoms with Crippen molar-refractivity contribution in [2.75, 3.05) is 19.0 Å². The van der Waals surface area contributed by atoms with E-state index < -0.39 is 0 Å². The molecule has 0 spiro atoms. The Bertz CT molecular complexity index is 895. The molecule has 1 aromatic heterocycles. The fourth-order valence-electron chi connectivity index (χ4n) is 2.74. The molecule has 1 aromatic carbocycles. The second kappa shape index (κ2) is 10.5. The zero-order valence-corrected chi connectivity index (χ0v) is 18.4. The molecule has 6 nitrogen and oxygen atoms in total. The smallest absolute Gasteiger partial charge is 0.266 e. The molecule has 1 N–H and O–H groups in total. The third kappa shape index (κ3) is 6.12. The topological polar surface area (TPSA) is 71.5 Å². The zero-order chi connectivity index (χ0) is 20.6. The fourth-order valence-corrected chi connectivity index (χ4v) is 4.60. The van der Waals surface area contributed by atoms with Gasteiger partial charge in [0.05, 0.1) is 12.0 Å². The molecule has 29 heavy (non-hydrogen) atoms. The minimum Gasteiger partial charge on any atom is -0.497 e. The van der Waals surface area contributed by atoms with Gasteiger partial charge in [-0.1, -0.05) is 42.5 Å². The van der Waals surface area contributed by atoms with Crippen molar-refractivity contribution < 1.29 is 14.3 Å². The number of ether oxygens (including phenoxy) is 1. The Hall–Kier alpha value is -2.23. The quantitative estimate of drug-likeness (QED) is 0.345. The number of amides is 2. The average molecular weight is 448 g/mol. The number of carbonyl (C=O) groups excluding carboxylic acids is 2. The lowest BCUT2D eigenvalue weighted by Crippen LogP contribution is -2.29. The Morgan fingerprint density at radius 1 is 1.28 bits per heavy atom. The summed E-state index contributed by atoms with van der Waals surface area (Å²) in [6.07, 6.45) is 6.35. The molecule has 9 heteroatoms. The first-order valence-electron chi connectivity index (χ1n) is 9.15.